The van der Waals surface area contributed by atoms with Crippen molar-refractivity contribution >= 4 is 0 Å². The first-order valence-electron chi connectivity index (χ1n) is 0.204. The predicted molar refractivity (Wildman–Crippen MR) is 0.686 cm³/mol. The van der Waals surface area contributed by atoms with Gasteiger partial charge in [-0.1, -0.05) is 0 Å². The molecule has 0 saturated heterocycles. The molecular formula is NiOTiZn. The maximum Gasteiger partial charge on any atom is 0 e. The Kier molecular flexibility index (Phi) is 100. The molecule has 4 heteroatoms. The fourth-order valence-corrected chi connectivity index (χ4v) is 0. The van der Waals surface area contributed by atoms with Crippen molar-refractivity contribution in [3.8, 4) is 0 Å². The first-order valence-corrected chi connectivity index (χ1v) is 0.842. The molecule has 0 spiro atoms. The van der Waals surface area contributed by atoms with Crippen LogP contribution in [0.15, 0.2) is 0 Å². The van der Waals surface area contributed by atoms with Crippen LogP contribution in [0, 0.1) is 0 Å². The number of hydrogen-bond acceptors (Lipinski definition) is 1. The molecule has 0 aliphatic carbocycles. The van der Waals surface area contributed by atoms with Crippen LogP contribution in [0.4, 0.5) is 0 Å². The van der Waals surface area contributed by atoms with E-state index < -0.39 is 0 Å². The first kappa shape index (κ1) is 17.4. The van der Waals surface area contributed by atoms with E-state index in [-0.39, 0.29) is 36.0 Å². The molecule has 0 radical (unpaired) electrons. The van der Waals surface area contributed by atoms with Crippen molar-refractivity contribution in [2.75, 3.05) is 0 Å². The van der Waals surface area contributed by atoms with Gasteiger partial charge in [0.05, 0.1) is 0 Å². The van der Waals surface area contributed by atoms with Gasteiger partial charge in [0.2, 0.25) is 0 Å². The molecular weight excluding hydrogens is 188 g/mol. The average Bonchev–Trinajstić information content (AvgIpc) is 1.00. The summed E-state index contributed by atoms with van der Waals surface area (Å²) in [4.78, 5) is 0. The first-order chi connectivity index (χ1) is 1.00. The van der Waals surface area contributed by atoms with Gasteiger partial charge in [-0.2, -0.15) is 0 Å². The fraction of sp³-hybridized carbons (Fsp3) is 0. The summed E-state index contributed by atoms with van der Waals surface area (Å²) in [5.74, 6) is 0. The van der Waals surface area contributed by atoms with Crippen molar-refractivity contribution < 1.29 is 59.7 Å². The summed E-state index contributed by atoms with van der Waals surface area (Å²) in [5.41, 5.74) is 0. The van der Waals surface area contributed by atoms with Crippen molar-refractivity contribution in [3.63, 3.8) is 0 Å². The van der Waals surface area contributed by atoms with Gasteiger partial charge in [0.15, 0.2) is 0 Å². The smallest absolute Gasteiger partial charge is 0 e. The van der Waals surface area contributed by atoms with E-state index in [9.17, 15) is 0 Å². The molecule has 0 atom stereocenters. The summed E-state index contributed by atoms with van der Waals surface area (Å²) in [7, 11) is 0. The quantitative estimate of drug-likeness (QED) is 0.484. The Balaban J connectivity index is -0.00000000500. The minimum atomic E-state index is 0. The van der Waals surface area contributed by atoms with Gasteiger partial charge in [-0.25, -0.2) is 0 Å². The normalized spacial score (nSPS) is 0.750. The van der Waals surface area contributed by atoms with Crippen molar-refractivity contribution in [2.24, 2.45) is 0 Å². The summed E-state index contributed by atoms with van der Waals surface area (Å²) in [6.07, 6.45) is 0. The molecule has 1 nitrogen and oxygen atoms in total. The third-order valence-corrected chi connectivity index (χ3v) is 0. The second-order valence-electron chi connectivity index (χ2n) is 0. The average molecular weight is 188 g/mol. The van der Waals surface area contributed by atoms with Crippen LogP contribution in [-0.4, -0.2) is 0 Å². The fourth-order valence-electron chi connectivity index (χ4n) is 0. The Morgan fingerprint density at radius 3 is 1.25 bits per heavy atom. The van der Waals surface area contributed by atoms with Gasteiger partial charge in [-0.15, -0.1) is 0 Å². The molecule has 22 valence electrons. The van der Waals surface area contributed by atoms with Crippen LogP contribution in [0.25, 0.3) is 0 Å². The Hall–Kier alpha value is 1.63. The van der Waals surface area contributed by atoms with Crippen LogP contribution in [0.5, 0.6) is 0 Å². The molecule has 0 aromatic rings. The molecule has 0 aliphatic rings. The Labute approximate surface area is 59.3 Å². The van der Waals surface area contributed by atoms with E-state index >= 15 is 0 Å². The van der Waals surface area contributed by atoms with Gasteiger partial charge >= 0.3 is 23.7 Å². The van der Waals surface area contributed by atoms with Crippen LogP contribution in [0.1, 0.15) is 0 Å². The van der Waals surface area contributed by atoms with E-state index in [1.165, 1.54) is 0 Å². The van der Waals surface area contributed by atoms with Crippen molar-refractivity contribution in [1.82, 2.24) is 0 Å². The van der Waals surface area contributed by atoms with E-state index in [1.54, 1.807) is 0 Å². The van der Waals surface area contributed by atoms with Gasteiger partial charge < -0.3 is 0 Å². The van der Waals surface area contributed by atoms with Crippen LogP contribution >= 0.6 is 0 Å². The molecule has 0 aromatic heterocycles. The summed E-state index contributed by atoms with van der Waals surface area (Å²) in [6, 6.07) is 0. The van der Waals surface area contributed by atoms with E-state index in [0.29, 0.717) is 0 Å². The van der Waals surface area contributed by atoms with Crippen molar-refractivity contribution in [1.29, 1.82) is 0 Å². The van der Waals surface area contributed by atoms with Gasteiger partial charge in [0, 0.05) is 36.0 Å². The van der Waals surface area contributed by atoms with Gasteiger partial charge in [-0.3, -0.25) is 0 Å². The van der Waals surface area contributed by atoms with Gasteiger partial charge in [-0.05, 0) is 0 Å². The second-order valence-corrected chi connectivity index (χ2v) is 0. The molecule has 0 bridgehead atoms. The Morgan fingerprint density at radius 1 is 1.25 bits per heavy atom. The standard InChI is InChI=1S/Ni.O.Ti.Zn. The minimum Gasteiger partial charge on any atom is 0 e. The van der Waals surface area contributed by atoms with E-state index in [2.05, 4.69) is 0 Å². The van der Waals surface area contributed by atoms with Gasteiger partial charge in [0.25, 0.3) is 0 Å². The van der Waals surface area contributed by atoms with Gasteiger partial charge in [0.1, 0.15) is 0 Å². The zero-order valence-corrected chi connectivity index (χ0v) is 7.45. The zero-order chi connectivity index (χ0) is 2.00. The summed E-state index contributed by atoms with van der Waals surface area (Å²) in [6.45, 7) is 0. The SMILES string of the molecule is [Ni].[O]=[Ti].[Zn]. The predicted octanol–water partition coefficient (Wildman–Crippen LogP) is -0.126. The summed E-state index contributed by atoms with van der Waals surface area (Å²) in [5, 5.41) is 0. The third kappa shape index (κ3) is 9.45. The maximum atomic E-state index is 8.25. The van der Waals surface area contributed by atoms with E-state index in [0.717, 1.165) is 20.4 Å². The molecule has 0 aromatic carbocycles. The molecule has 0 unspecified atom stereocenters. The largest absolute Gasteiger partial charge is 0 e. The molecule has 0 amide bonds. The van der Waals surface area contributed by atoms with Crippen LogP contribution in [0.2, 0.25) is 0 Å². The molecule has 0 rings (SSSR count). The topological polar surface area (TPSA) is 17.1 Å². The Bertz CT molecular complexity index is 8.00. The van der Waals surface area contributed by atoms with Crippen molar-refractivity contribution in [2.45, 2.75) is 0 Å². The zero-order valence-electron chi connectivity index (χ0n) is 1.93. The van der Waals surface area contributed by atoms with Crippen LogP contribution < -0.4 is 0 Å². The Morgan fingerprint density at radius 2 is 1.25 bits per heavy atom. The molecule has 0 saturated carbocycles. The third-order valence-electron chi connectivity index (χ3n) is 0. The number of hydrogen-bond donors (Lipinski definition) is 0. The molecule has 0 N–H and O–H groups in total. The van der Waals surface area contributed by atoms with E-state index in [4.69, 9.17) is 3.32 Å². The van der Waals surface area contributed by atoms with E-state index in [1.807, 2.05) is 0 Å². The molecule has 4 heavy (non-hydrogen) atoms. The molecule has 0 aliphatic heterocycles. The second kappa shape index (κ2) is 23.0. The van der Waals surface area contributed by atoms with Crippen LogP contribution in [0.3, 0.4) is 0 Å². The number of rotatable bonds is 0. The summed E-state index contributed by atoms with van der Waals surface area (Å²) >= 11 is 0.750. The monoisotopic (exact) mass is 186 g/mol. The van der Waals surface area contributed by atoms with Crippen LogP contribution in [-0.2, 0) is 59.7 Å². The molecule has 0 fully saturated rings. The maximum absolute atomic E-state index is 8.25. The summed E-state index contributed by atoms with van der Waals surface area (Å²) < 4.78 is 8.25. The molecule has 0 heterocycles. The minimum absolute atomic E-state index is 0. The van der Waals surface area contributed by atoms with Crippen molar-refractivity contribution in [3.05, 3.63) is 0 Å².